The van der Waals surface area contributed by atoms with E-state index in [9.17, 15) is 41.9 Å². The van der Waals surface area contributed by atoms with E-state index >= 15 is 0 Å². The average Bonchev–Trinajstić information content (AvgIpc) is 2.89. The average molecular weight is 638 g/mol. The third-order valence-electron chi connectivity index (χ3n) is 5.71. The summed E-state index contributed by atoms with van der Waals surface area (Å²) < 4.78 is 72.1. The second kappa shape index (κ2) is 15.0. The molecule has 1 fully saturated rings. The molecule has 1 aliphatic heterocycles. The zero-order valence-electron chi connectivity index (χ0n) is 23.6. The molecule has 1 amide bonds. The first-order valence-corrected chi connectivity index (χ1v) is 13.3. The van der Waals surface area contributed by atoms with E-state index in [1.807, 2.05) is 0 Å². The number of carbonyl (C=O) groups is 6. The van der Waals surface area contributed by atoms with Gasteiger partial charge in [0.1, 0.15) is 18.8 Å². The Balaban J connectivity index is 2.83. The Kier molecular flexibility index (Phi) is 12.4. The van der Waals surface area contributed by atoms with Gasteiger partial charge in [0.05, 0.1) is 13.2 Å². The van der Waals surface area contributed by atoms with Crippen LogP contribution in [0.1, 0.15) is 34.1 Å². The molecule has 1 aromatic carbocycles. The topological polar surface area (TPSA) is 170 Å². The van der Waals surface area contributed by atoms with Crippen molar-refractivity contribution in [2.24, 2.45) is 0 Å². The first-order chi connectivity index (χ1) is 20.0. The lowest BCUT2D eigenvalue weighted by atomic mass is 9.89. The molecule has 0 aromatic heterocycles. The van der Waals surface area contributed by atoms with E-state index in [2.05, 4.69) is 0 Å². The van der Waals surface area contributed by atoms with E-state index in [4.69, 9.17) is 28.4 Å². The summed E-state index contributed by atoms with van der Waals surface area (Å²) in [5, 5.41) is 1.68. The van der Waals surface area contributed by atoms with Gasteiger partial charge in [-0.3, -0.25) is 24.0 Å². The van der Waals surface area contributed by atoms with E-state index in [1.54, 1.807) is 35.6 Å². The van der Waals surface area contributed by atoms with E-state index in [-0.39, 0.29) is 0 Å². The first kappa shape index (κ1) is 35.3. The van der Waals surface area contributed by atoms with Crippen LogP contribution in [-0.2, 0) is 57.2 Å². The van der Waals surface area contributed by atoms with E-state index in [1.165, 1.54) is 0 Å². The number of hydrogen-bond donors (Lipinski definition) is 1. The summed E-state index contributed by atoms with van der Waals surface area (Å²) in [4.78, 5) is 71.6. The standard InChI is InChI=1S/C26H30F3NO12S/c1-13(31)38-12-19(40-15(3)33)21(41-16(4)34)22-20(30-23(35)26(27,28)29)18(39-14(2)32)11-25(42-22,24(36)37-5)43-17-9-7-6-8-10-17/h6-10,18-22H,11-12H2,1-5H3,(H,30,35)/t18-,19+,20+,21+,22+,25+/m0/s1. The molecule has 0 aliphatic carbocycles. The summed E-state index contributed by atoms with van der Waals surface area (Å²) in [6.45, 7) is 3.00. The summed E-state index contributed by atoms with van der Waals surface area (Å²) in [5.41, 5.74) is 0. The minimum Gasteiger partial charge on any atom is -0.466 e. The van der Waals surface area contributed by atoms with Crippen molar-refractivity contribution in [1.29, 1.82) is 0 Å². The Morgan fingerprint density at radius 3 is 2.07 bits per heavy atom. The molecule has 13 nitrogen and oxygen atoms in total. The van der Waals surface area contributed by atoms with Gasteiger partial charge in [0.15, 0.2) is 12.2 Å². The smallest absolute Gasteiger partial charge is 0.466 e. The van der Waals surface area contributed by atoms with Gasteiger partial charge in [0.25, 0.3) is 0 Å². The number of ether oxygens (including phenoxy) is 6. The molecule has 1 saturated heterocycles. The summed E-state index contributed by atoms with van der Waals surface area (Å²) in [7, 11) is 0.998. The van der Waals surface area contributed by atoms with E-state index < -0.39 is 90.3 Å². The summed E-state index contributed by atoms with van der Waals surface area (Å²) >= 11 is 0.729. The highest BCUT2D eigenvalue weighted by Gasteiger charge is 2.60. The molecule has 0 radical (unpaired) electrons. The van der Waals surface area contributed by atoms with Gasteiger partial charge in [0.2, 0.25) is 4.93 Å². The molecule has 1 N–H and O–H groups in total. The first-order valence-electron chi connectivity index (χ1n) is 12.5. The quantitative estimate of drug-likeness (QED) is 0.276. The largest absolute Gasteiger partial charge is 0.471 e. The lowest BCUT2D eigenvalue weighted by Crippen LogP contribution is -2.68. The van der Waals surface area contributed by atoms with E-state index in [0.717, 1.165) is 46.6 Å². The fraction of sp³-hybridized carbons (Fsp3) is 0.538. The SMILES string of the molecule is COC(=O)[C@]1(Sc2ccccc2)C[C@H](OC(C)=O)[C@@H](NC(=O)C(F)(F)F)[C@H]([C@H](OC(C)=O)[C@@H](COC(C)=O)OC(C)=O)O1. The zero-order valence-corrected chi connectivity index (χ0v) is 24.4. The lowest BCUT2D eigenvalue weighted by molar-refractivity contribution is -0.226. The van der Waals surface area contributed by atoms with Crippen molar-refractivity contribution in [3.8, 4) is 0 Å². The van der Waals surface area contributed by atoms with Crippen molar-refractivity contribution in [2.45, 2.75) is 80.6 Å². The number of hydrogen-bond acceptors (Lipinski definition) is 13. The molecular weight excluding hydrogens is 607 g/mol. The van der Waals surface area contributed by atoms with Crippen LogP contribution in [0.5, 0.6) is 0 Å². The third kappa shape index (κ3) is 10.1. The van der Waals surface area contributed by atoms with Gasteiger partial charge in [0, 0.05) is 39.0 Å². The van der Waals surface area contributed by atoms with Gasteiger partial charge >= 0.3 is 41.9 Å². The van der Waals surface area contributed by atoms with Gasteiger partial charge in [-0.2, -0.15) is 13.2 Å². The number of amides is 1. The molecule has 238 valence electrons. The minimum absolute atomic E-state index is 0.395. The Labute approximate surface area is 248 Å². The highest BCUT2D eigenvalue weighted by molar-refractivity contribution is 8.01. The molecule has 43 heavy (non-hydrogen) atoms. The molecule has 0 spiro atoms. The Bertz CT molecular complexity index is 1200. The molecule has 6 atom stereocenters. The number of nitrogens with one attached hydrogen (secondary N) is 1. The van der Waals surface area contributed by atoms with Crippen molar-refractivity contribution >= 4 is 47.5 Å². The maximum absolute atomic E-state index is 13.4. The third-order valence-corrected chi connectivity index (χ3v) is 6.97. The number of esters is 5. The number of carbonyl (C=O) groups excluding carboxylic acids is 6. The summed E-state index contributed by atoms with van der Waals surface area (Å²) in [6.07, 6.45) is -13.5. The highest BCUT2D eigenvalue weighted by Crippen LogP contribution is 2.46. The molecule has 0 unspecified atom stereocenters. The number of benzene rings is 1. The predicted octanol–water partition coefficient (Wildman–Crippen LogP) is 1.84. The lowest BCUT2D eigenvalue weighted by Gasteiger charge is -2.48. The molecule has 1 aliphatic rings. The van der Waals surface area contributed by atoms with Crippen molar-refractivity contribution in [1.82, 2.24) is 5.32 Å². The predicted molar refractivity (Wildman–Crippen MR) is 138 cm³/mol. The van der Waals surface area contributed by atoms with Crippen molar-refractivity contribution < 1.29 is 70.4 Å². The van der Waals surface area contributed by atoms with Crippen LogP contribution >= 0.6 is 11.8 Å². The van der Waals surface area contributed by atoms with Crippen LogP contribution in [0, 0.1) is 0 Å². The van der Waals surface area contributed by atoms with Gasteiger partial charge in [-0.15, -0.1) is 0 Å². The zero-order chi connectivity index (χ0) is 32.5. The van der Waals surface area contributed by atoms with Gasteiger partial charge < -0.3 is 33.7 Å². The van der Waals surface area contributed by atoms with Crippen LogP contribution in [0.4, 0.5) is 13.2 Å². The molecule has 0 saturated carbocycles. The van der Waals surface area contributed by atoms with E-state index in [0.29, 0.717) is 4.90 Å². The fourth-order valence-electron chi connectivity index (χ4n) is 4.18. The number of rotatable bonds is 11. The number of halogens is 3. The van der Waals surface area contributed by atoms with Crippen LogP contribution in [-0.4, -0.2) is 91.0 Å². The van der Waals surface area contributed by atoms with Crippen LogP contribution < -0.4 is 5.32 Å². The number of alkyl halides is 3. The second-order valence-electron chi connectivity index (χ2n) is 9.12. The van der Waals surface area contributed by atoms with Gasteiger partial charge in [-0.1, -0.05) is 30.0 Å². The molecule has 1 heterocycles. The maximum Gasteiger partial charge on any atom is 0.471 e. The van der Waals surface area contributed by atoms with Crippen molar-refractivity contribution in [3.05, 3.63) is 30.3 Å². The summed E-state index contributed by atoms with van der Waals surface area (Å²) in [5.74, 6) is -7.52. The molecular formula is C26H30F3NO12S. The summed E-state index contributed by atoms with van der Waals surface area (Å²) in [6, 6.07) is 6.06. The van der Waals surface area contributed by atoms with Gasteiger partial charge in [-0.25, -0.2) is 4.79 Å². The van der Waals surface area contributed by atoms with Gasteiger partial charge in [-0.05, 0) is 12.1 Å². The monoisotopic (exact) mass is 637 g/mol. The van der Waals surface area contributed by atoms with Crippen LogP contribution in [0.25, 0.3) is 0 Å². The molecule has 2 rings (SSSR count). The fourth-order valence-corrected chi connectivity index (χ4v) is 5.43. The van der Waals surface area contributed by atoms with Crippen LogP contribution in [0.3, 0.4) is 0 Å². The minimum atomic E-state index is -5.44. The Hall–Kier alpha value is -3.86. The Morgan fingerprint density at radius 1 is 0.977 bits per heavy atom. The van der Waals surface area contributed by atoms with Crippen LogP contribution in [0.2, 0.25) is 0 Å². The highest BCUT2D eigenvalue weighted by atomic mass is 32.2. The Morgan fingerprint density at radius 2 is 1.58 bits per heavy atom. The molecule has 17 heteroatoms. The number of methoxy groups -OCH3 is 1. The van der Waals surface area contributed by atoms with Crippen molar-refractivity contribution in [2.75, 3.05) is 13.7 Å². The number of thioether (sulfide) groups is 1. The maximum atomic E-state index is 13.4. The molecule has 0 bridgehead atoms. The van der Waals surface area contributed by atoms with Crippen molar-refractivity contribution in [3.63, 3.8) is 0 Å². The van der Waals surface area contributed by atoms with Crippen LogP contribution in [0.15, 0.2) is 35.2 Å². The molecule has 1 aromatic rings. The second-order valence-corrected chi connectivity index (χ2v) is 10.5. The normalized spacial score (nSPS) is 23.1.